The standard InChI is InChI=1S/C17H27FN2/c1-17(14-19,13-15-7-9-16(18)10-8-15)20-11-5-3-2-4-6-12-20/h7-10H,2-6,11-14,19H2,1H3. The maximum atomic E-state index is 13.0. The second-order valence-electron chi connectivity index (χ2n) is 6.26. The molecule has 2 N–H and O–H groups in total. The molecule has 20 heavy (non-hydrogen) atoms. The van der Waals surface area contributed by atoms with E-state index in [4.69, 9.17) is 5.73 Å². The normalized spacial score (nSPS) is 20.9. The molecule has 0 spiro atoms. The number of likely N-dealkylation sites (tertiary alicyclic amines) is 1. The SMILES string of the molecule is CC(CN)(Cc1ccc(F)cc1)N1CCCCCCC1. The van der Waals surface area contributed by atoms with E-state index in [-0.39, 0.29) is 11.4 Å². The van der Waals surface area contributed by atoms with Crippen LogP contribution in [0.15, 0.2) is 24.3 Å². The molecule has 1 aromatic rings. The first-order valence-corrected chi connectivity index (χ1v) is 7.84. The quantitative estimate of drug-likeness (QED) is 0.915. The molecule has 0 bridgehead atoms. The van der Waals surface area contributed by atoms with Crippen LogP contribution in [0.3, 0.4) is 0 Å². The summed E-state index contributed by atoms with van der Waals surface area (Å²) in [5.41, 5.74) is 7.24. The summed E-state index contributed by atoms with van der Waals surface area (Å²) in [6, 6.07) is 6.85. The number of hydrogen-bond donors (Lipinski definition) is 1. The highest BCUT2D eigenvalue weighted by atomic mass is 19.1. The molecular formula is C17H27FN2. The second kappa shape index (κ2) is 7.19. The van der Waals surface area contributed by atoms with Crippen molar-refractivity contribution in [2.75, 3.05) is 19.6 Å². The van der Waals surface area contributed by atoms with Gasteiger partial charge in [0.25, 0.3) is 0 Å². The summed E-state index contributed by atoms with van der Waals surface area (Å²) in [4.78, 5) is 2.55. The Kier molecular flexibility index (Phi) is 5.55. The Bertz CT molecular complexity index is 396. The third-order valence-corrected chi connectivity index (χ3v) is 4.56. The van der Waals surface area contributed by atoms with Crippen LogP contribution < -0.4 is 5.73 Å². The summed E-state index contributed by atoms with van der Waals surface area (Å²) in [6.07, 6.45) is 7.44. The molecule has 0 aromatic heterocycles. The van der Waals surface area contributed by atoms with E-state index in [0.717, 1.165) is 19.5 Å². The monoisotopic (exact) mass is 278 g/mol. The maximum Gasteiger partial charge on any atom is 0.123 e. The third-order valence-electron chi connectivity index (χ3n) is 4.56. The number of nitrogens with zero attached hydrogens (tertiary/aromatic N) is 1. The fourth-order valence-electron chi connectivity index (χ4n) is 3.14. The lowest BCUT2D eigenvalue weighted by Crippen LogP contribution is -2.54. The van der Waals surface area contributed by atoms with Crippen molar-refractivity contribution in [3.63, 3.8) is 0 Å². The van der Waals surface area contributed by atoms with E-state index in [1.165, 1.54) is 37.7 Å². The summed E-state index contributed by atoms with van der Waals surface area (Å²) in [6.45, 7) is 5.16. The molecule has 1 saturated heterocycles. The molecule has 1 aliphatic rings. The molecule has 1 atom stereocenters. The molecule has 1 heterocycles. The Balaban J connectivity index is 2.07. The third kappa shape index (κ3) is 4.03. The molecule has 1 unspecified atom stereocenters. The van der Waals surface area contributed by atoms with Gasteiger partial charge in [0.15, 0.2) is 0 Å². The minimum absolute atomic E-state index is 0.0187. The summed E-state index contributed by atoms with van der Waals surface area (Å²) in [5, 5.41) is 0. The zero-order valence-electron chi connectivity index (χ0n) is 12.6. The lowest BCUT2D eigenvalue weighted by atomic mass is 9.89. The van der Waals surface area contributed by atoms with Crippen molar-refractivity contribution in [2.24, 2.45) is 5.73 Å². The van der Waals surface area contributed by atoms with Gasteiger partial charge in [-0.1, -0.05) is 31.4 Å². The Morgan fingerprint density at radius 3 is 2.15 bits per heavy atom. The Hall–Kier alpha value is -0.930. The van der Waals surface area contributed by atoms with Crippen LogP contribution >= 0.6 is 0 Å². The molecule has 0 aliphatic carbocycles. The first-order chi connectivity index (χ1) is 9.64. The molecule has 1 aromatic carbocycles. The predicted molar refractivity (Wildman–Crippen MR) is 82.2 cm³/mol. The zero-order chi connectivity index (χ0) is 14.4. The van der Waals surface area contributed by atoms with Gasteiger partial charge in [0.05, 0.1) is 0 Å². The number of hydrogen-bond acceptors (Lipinski definition) is 2. The van der Waals surface area contributed by atoms with E-state index in [9.17, 15) is 4.39 Å². The largest absolute Gasteiger partial charge is 0.329 e. The molecule has 1 aliphatic heterocycles. The van der Waals surface area contributed by atoms with Crippen LogP contribution in [-0.4, -0.2) is 30.1 Å². The van der Waals surface area contributed by atoms with Crippen LogP contribution in [0, 0.1) is 5.82 Å². The number of rotatable bonds is 4. The van der Waals surface area contributed by atoms with E-state index in [0.29, 0.717) is 6.54 Å². The average molecular weight is 278 g/mol. The van der Waals surface area contributed by atoms with Gasteiger partial charge in [0, 0.05) is 12.1 Å². The summed E-state index contributed by atoms with van der Waals surface area (Å²) in [5.74, 6) is -0.172. The van der Waals surface area contributed by atoms with Gasteiger partial charge in [0.2, 0.25) is 0 Å². The minimum Gasteiger partial charge on any atom is -0.329 e. The van der Waals surface area contributed by atoms with E-state index in [2.05, 4.69) is 11.8 Å². The van der Waals surface area contributed by atoms with Crippen LogP contribution in [0.1, 0.15) is 44.6 Å². The predicted octanol–water partition coefficient (Wildman–Crippen LogP) is 3.35. The molecule has 112 valence electrons. The number of benzene rings is 1. The molecule has 0 saturated carbocycles. The van der Waals surface area contributed by atoms with E-state index in [1.54, 1.807) is 12.1 Å². The fraction of sp³-hybridized carbons (Fsp3) is 0.647. The molecule has 2 rings (SSSR count). The molecule has 0 amide bonds. The van der Waals surface area contributed by atoms with Crippen LogP contribution in [-0.2, 0) is 6.42 Å². The number of halogens is 1. The van der Waals surface area contributed by atoms with Gasteiger partial charge in [-0.25, -0.2) is 4.39 Å². The lowest BCUT2D eigenvalue weighted by Gasteiger charge is -2.42. The molecule has 2 nitrogen and oxygen atoms in total. The van der Waals surface area contributed by atoms with Gasteiger partial charge >= 0.3 is 0 Å². The van der Waals surface area contributed by atoms with Crippen molar-refractivity contribution in [3.05, 3.63) is 35.6 Å². The van der Waals surface area contributed by atoms with Crippen molar-refractivity contribution in [3.8, 4) is 0 Å². The zero-order valence-corrected chi connectivity index (χ0v) is 12.6. The molecule has 3 heteroatoms. The minimum atomic E-state index is -0.172. The Labute approximate surface area is 122 Å². The first-order valence-electron chi connectivity index (χ1n) is 7.84. The Morgan fingerprint density at radius 1 is 1.05 bits per heavy atom. The highest BCUT2D eigenvalue weighted by molar-refractivity contribution is 5.19. The van der Waals surface area contributed by atoms with Crippen LogP contribution in [0.2, 0.25) is 0 Å². The van der Waals surface area contributed by atoms with Gasteiger partial charge in [-0.15, -0.1) is 0 Å². The van der Waals surface area contributed by atoms with Crippen LogP contribution in [0.4, 0.5) is 4.39 Å². The van der Waals surface area contributed by atoms with Gasteiger partial charge in [0.1, 0.15) is 5.82 Å². The smallest absolute Gasteiger partial charge is 0.123 e. The van der Waals surface area contributed by atoms with E-state index >= 15 is 0 Å². The van der Waals surface area contributed by atoms with E-state index in [1.807, 2.05) is 12.1 Å². The summed E-state index contributed by atoms with van der Waals surface area (Å²) < 4.78 is 13.0. The summed E-state index contributed by atoms with van der Waals surface area (Å²) >= 11 is 0. The first kappa shape index (κ1) is 15.5. The number of nitrogens with two attached hydrogens (primary N) is 1. The van der Waals surface area contributed by atoms with Crippen molar-refractivity contribution < 1.29 is 4.39 Å². The van der Waals surface area contributed by atoms with Crippen molar-refractivity contribution in [1.29, 1.82) is 0 Å². The van der Waals surface area contributed by atoms with Gasteiger partial charge in [-0.05, 0) is 57.0 Å². The van der Waals surface area contributed by atoms with Crippen LogP contribution in [0.25, 0.3) is 0 Å². The van der Waals surface area contributed by atoms with Crippen molar-refractivity contribution >= 4 is 0 Å². The van der Waals surface area contributed by atoms with Gasteiger partial charge in [-0.3, -0.25) is 4.90 Å². The second-order valence-corrected chi connectivity index (χ2v) is 6.26. The van der Waals surface area contributed by atoms with Gasteiger partial charge < -0.3 is 5.73 Å². The lowest BCUT2D eigenvalue weighted by molar-refractivity contribution is 0.0990. The molecular weight excluding hydrogens is 251 g/mol. The van der Waals surface area contributed by atoms with Crippen molar-refractivity contribution in [1.82, 2.24) is 4.90 Å². The highest BCUT2D eigenvalue weighted by Gasteiger charge is 2.30. The van der Waals surface area contributed by atoms with E-state index < -0.39 is 0 Å². The molecule has 1 fully saturated rings. The summed E-state index contributed by atoms with van der Waals surface area (Å²) in [7, 11) is 0. The average Bonchev–Trinajstić information content (AvgIpc) is 2.41. The fourth-order valence-corrected chi connectivity index (χ4v) is 3.14. The topological polar surface area (TPSA) is 29.3 Å². The van der Waals surface area contributed by atoms with Gasteiger partial charge in [-0.2, -0.15) is 0 Å². The highest BCUT2D eigenvalue weighted by Crippen LogP contribution is 2.23. The van der Waals surface area contributed by atoms with Crippen molar-refractivity contribution in [2.45, 2.75) is 51.0 Å². The van der Waals surface area contributed by atoms with Crippen LogP contribution in [0.5, 0.6) is 0 Å². The Morgan fingerprint density at radius 2 is 1.60 bits per heavy atom. The molecule has 0 radical (unpaired) electrons. The maximum absolute atomic E-state index is 13.0.